The van der Waals surface area contributed by atoms with E-state index in [9.17, 15) is 19.7 Å². The number of hydrogen-bond acceptors (Lipinski definition) is 6. The van der Waals surface area contributed by atoms with Crippen LogP contribution in [0.25, 0.3) is 0 Å². The van der Waals surface area contributed by atoms with E-state index in [2.05, 4.69) is 0 Å². The number of thioether (sulfide) groups is 1. The molecule has 2 aromatic rings. The van der Waals surface area contributed by atoms with Gasteiger partial charge < -0.3 is 4.74 Å². The zero-order valence-corrected chi connectivity index (χ0v) is 15.7. The molecule has 6 nitrogen and oxygen atoms in total. The monoisotopic (exact) mass is 385 g/mol. The third-order valence-electron chi connectivity index (χ3n) is 4.46. The van der Waals surface area contributed by atoms with Gasteiger partial charge in [0, 0.05) is 22.6 Å². The Kier molecular flexibility index (Phi) is 5.91. The zero-order chi connectivity index (χ0) is 19.4. The Labute approximate surface area is 161 Å². The number of esters is 1. The van der Waals surface area contributed by atoms with Gasteiger partial charge in [0.1, 0.15) is 0 Å². The van der Waals surface area contributed by atoms with Crippen LogP contribution in [0.15, 0.2) is 47.4 Å². The van der Waals surface area contributed by atoms with Crippen molar-refractivity contribution in [3.8, 4) is 0 Å². The van der Waals surface area contributed by atoms with Crippen molar-refractivity contribution >= 4 is 29.2 Å². The summed E-state index contributed by atoms with van der Waals surface area (Å²) in [5, 5.41) is 10.6. The average Bonchev–Trinajstić information content (AvgIpc) is 3.13. The minimum atomic E-state index is -0.852. The van der Waals surface area contributed by atoms with E-state index in [1.807, 2.05) is 12.1 Å². The molecule has 1 aliphatic rings. The van der Waals surface area contributed by atoms with Crippen LogP contribution in [0.4, 0.5) is 5.69 Å². The normalized spacial score (nSPS) is 13.7. The van der Waals surface area contributed by atoms with Crippen molar-refractivity contribution in [2.75, 3.05) is 5.75 Å². The number of fused-ring (bicyclic) bond motifs is 1. The second-order valence-electron chi connectivity index (χ2n) is 6.37. The summed E-state index contributed by atoms with van der Waals surface area (Å²) in [7, 11) is 0. The molecule has 0 heterocycles. The Morgan fingerprint density at radius 1 is 1.15 bits per heavy atom. The van der Waals surface area contributed by atoms with E-state index in [0.29, 0.717) is 5.56 Å². The average molecular weight is 385 g/mol. The van der Waals surface area contributed by atoms with Crippen molar-refractivity contribution in [3.63, 3.8) is 0 Å². The first-order valence-corrected chi connectivity index (χ1v) is 9.65. The minimum Gasteiger partial charge on any atom is -0.454 e. The number of Topliss-reactive ketones (excluding diaryl/α,β-unsaturated/α-hetero) is 1. The van der Waals surface area contributed by atoms with E-state index in [0.717, 1.165) is 24.2 Å². The molecule has 1 aliphatic carbocycles. The molecule has 0 bridgehead atoms. The molecular formula is C20H19NO5S. The minimum absolute atomic E-state index is 0.00417. The highest BCUT2D eigenvalue weighted by atomic mass is 32.2. The van der Waals surface area contributed by atoms with E-state index in [-0.39, 0.29) is 17.2 Å². The third kappa shape index (κ3) is 4.74. The van der Waals surface area contributed by atoms with Crippen molar-refractivity contribution in [1.29, 1.82) is 0 Å². The van der Waals surface area contributed by atoms with Gasteiger partial charge in [0.15, 0.2) is 6.10 Å². The number of rotatable bonds is 7. The van der Waals surface area contributed by atoms with Gasteiger partial charge in [-0.1, -0.05) is 12.1 Å². The summed E-state index contributed by atoms with van der Waals surface area (Å²) in [6, 6.07) is 11.6. The van der Waals surface area contributed by atoms with Crippen LogP contribution in [0.3, 0.4) is 0 Å². The third-order valence-corrected chi connectivity index (χ3v) is 5.45. The molecule has 0 N–H and O–H groups in total. The van der Waals surface area contributed by atoms with Gasteiger partial charge in [-0.2, -0.15) is 0 Å². The van der Waals surface area contributed by atoms with Crippen LogP contribution in [-0.2, 0) is 22.4 Å². The highest BCUT2D eigenvalue weighted by molar-refractivity contribution is 8.00. The lowest BCUT2D eigenvalue weighted by atomic mass is 10.0. The number of carbonyl (C=O) groups is 2. The maximum absolute atomic E-state index is 12.5. The molecule has 0 unspecified atom stereocenters. The van der Waals surface area contributed by atoms with Crippen LogP contribution in [0, 0.1) is 10.1 Å². The van der Waals surface area contributed by atoms with Gasteiger partial charge in [0.05, 0.1) is 10.7 Å². The van der Waals surface area contributed by atoms with Crippen LogP contribution in [0.5, 0.6) is 0 Å². The Morgan fingerprint density at radius 3 is 2.56 bits per heavy atom. The number of hydrogen-bond donors (Lipinski definition) is 0. The highest BCUT2D eigenvalue weighted by Crippen LogP contribution is 2.24. The van der Waals surface area contributed by atoms with Gasteiger partial charge in [-0.15, -0.1) is 11.8 Å². The molecule has 0 fully saturated rings. The van der Waals surface area contributed by atoms with Crippen molar-refractivity contribution < 1.29 is 19.2 Å². The Bertz CT molecular complexity index is 878. The molecule has 27 heavy (non-hydrogen) atoms. The fourth-order valence-electron chi connectivity index (χ4n) is 3.05. The number of aryl methyl sites for hydroxylation is 2. The van der Waals surface area contributed by atoms with Crippen LogP contribution >= 0.6 is 11.8 Å². The molecule has 7 heteroatoms. The molecule has 0 saturated carbocycles. The number of nitrogens with zero attached hydrogens (tertiary/aromatic N) is 1. The van der Waals surface area contributed by atoms with Crippen molar-refractivity contribution in [3.05, 3.63) is 69.3 Å². The molecular weight excluding hydrogens is 366 g/mol. The molecule has 140 valence electrons. The molecule has 3 rings (SSSR count). The Hall–Kier alpha value is -2.67. The number of ketones is 1. The number of ether oxygens (including phenoxy) is 1. The molecule has 0 aromatic heterocycles. The quantitative estimate of drug-likeness (QED) is 0.235. The van der Waals surface area contributed by atoms with Crippen LogP contribution < -0.4 is 0 Å². The summed E-state index contributed by atoms with van der Waals surface area (Å²) in [5.74, 6) is -0.682. The fraction of sp³-hybridized carbons (Fsp3) is 0.300. The van der Waals surface area contributed by atoms with E-state index in [1.54, 1.807) is 25.1 Å². The van der Waals surface area contributed by atoms with Crippen molar-refractivity contribution in [2.24, 2.45) is 0 Å². The summed E-state index contributed by atoms with van der Waals surface area (Å²) in [6.07, 6.45) is 2.29. The molecule has 0 saturated heterocycles. The van der Waals surface area contributed by atoms with Gasteiger partial charge in [0.2, 0.25) is 5.78 Å². The number of benzene rings is 2. The maximum Gasteiger partial charge on any atom is 0.316 e. The predicted molar refractivity (Wildman–Crippen MR) is 102 cm³/mol. The number of non-ortho nitro benzene ring substituents is 1. The largest absolute Gasteiger partial charge is 0.454 e. The first-order chi connectivity index (χ1) is 12.9. The maximum atomic E-state index is 12.5. The van der Waals surface area contributed by atoms with E-state index in [1.165, 1.54) is 35.0 Å². The molecule has 0 aliphatic heterocycles. The van der Waals surface area contributed by atoms with Gasteiger partial charge in [-0.05, 0) is 55.5 Å². The lowest BCUT2D eigenvalue weighted by Gasteiger charge is -2.13. The molecule has 0 amide bonds. The molecule has 0 radical (unpaired) electrons. The van der Waals surface area contributed by atoms with Crippen molar-refractivity contribution in [2.45, 2.75) is 37.2 Å². The Balaban J connectivity index is 1.52. The van der Waals surface area contributed by atoms with E-state index >= 15 is 0 Å². The lowest BCUT2D eigenvalue weighted by Crippen LogP contribution is -2.25. The van der Waals surface area contributed by atoms with Crippen LogP contribution in [0.1, 0.15) is 34.8 Å². The van der Waals surface area contributed by atoms with E-state index in [4.69, 9.17) is 4.74 Å². The summed E-state index contributed by atoms with van der Waals surface area (Å²) < 4.78 is 5.25. The van der Waals surface area contributed by atoms with Gasteiger partial charge in [0.25, 0.3) is 5.69 Å². The number of nitro benzene ring substituents is 1. The summed E-state index contributed by atoms with van der Waals surface area (Å²) >= 11 is 1.21. The fourth-order valence-corrected chi connectivity index (χ4v) is 3.73. The lowest BCUT2D eigenvalue weighted by molar-refractivity contribution is -0.384. The van der Waals surface area contributed by atoms with Gasteiger partial charge in [-0.25, -0.2) is 0 Å². The SMILES string of the molecule is C[C@H](OC(=O)CSc1ccc([N+](=O)[O-])cc1)C(=O)c1ccc2c(c1)CCC2. The van der Waals surface area contributed by atoms with Crippen molar-refractivity contribution in [1.82, 2.24) is 0 Å². The molecule has 0 spiro atoms. The summed E-state index contributed by atoms with van der Waals surface area (Å²) in [5.41, 5.74) is 3.05. The number of nitro groups is 1. The topological polar surface area (TPSA) is 86.5 Å². The van der Waals surface area contributed by atoms with Crippen LogP contribution in [0.2, 0.25) is 0 Å². The summed E-state index contributed by atoms with van der Waals surface area (Å²) in [4.78, 5) is 35.4. The van der Waals surface area contributed by atoms with Gasteiger partial charge >= 0.3 is 5.97 Å². The highest BCUT2D eigenvalue weighted by Gasteiger charge is 2.21. The van der Waals surface area contributed by atoms with Gasteiger partial charge in [-0.3, -0.25) is 19.7 Å². The Morgan fingerprint density at radius 2 is 1.85 bits per heavy atom. The predicted octanol–water partition coefficient (Wildman–Crippen LogP) is 3.99. The van der Waals surface area contributed by atoms with E-state index < -0.39 is 17.0 Å². The smallest absolute Gasteiger partial charge is 0.316 e. The molecule has 2 aromatic carbocycles. The standard InChI is InChI=1S/C20H19NO5S/c1-13(20(23)16-6-5-14-3-2-4-15(14)11-16)26-19(22)12-27-18-9-7-17(8-10-18)21(24)25/h5-11,13H,2-4,12H2,1H3/t13-/m0/s1. The first-order valence-electron chi connectivity index (χ1n) is 8.67. The summed E-state index contributed by atoms with van der Waals surface area (Å²) in [6.45, 7) is 1.57. The number of carbonyl (C=O) groups excluding carboxylic acids is 2. The second kappa shape index (κ2) is 8.35. The molecule has 1 atom stereocenters. The first kappa shape index (κ1) is 19.1. The zero-order valence-electron chi connectivity index (χ0n) is 14.8. The van der Waals surface area contributed by atoms with Crippen LogP contribution in [-0.4, -0.2) is 28.5 Å². The second-order valence-corrected chi connectivity index (χ2v) is 7.42.